The third-order valence-electron chi connectivity index (χ3n) is 3.88. The van der Waals surface area contributed by atoms with Crippen molar-refractivity contribution in [2.75, 3.05) is 20.2 Å². The Balaban J connectivity index is 1.77. The van der Waals surface area contributed by atoms with E-state index in [1.54, 1.807) is 7.11 Å². The molecule has 1 fully saturated rings. The van der Waals surface area contributed by atoms with Gasteiger partial charge in [0.2, 0.25) is 0 Å². The lowest BCUT2D eigenvalue weighted by atomic mass is 10.1. The minimum absolute atomic E-state index is 0.180. The van der Waals surface area contributed by atoms with Gasteiger partial charge in [-0.05, 0) is 54.0 Å². The van der Waals surface area contributed by atoms with Crippen LogP contribution in [0.3, 0.4) is 0 Å². The summed E-state index contributed by atoms with van der Waals surface area (Å²) < 4.78 is 5.17. The topological polar surface area (TPSA) is 29.5 Å². The van der Waals surface area contributed by atoms with Crippen molar-refractivity contribution in [1.82, 2.24) is 4.90 Å². The van der Waals surface area contributed by atoms with E-state index >= 15 is 0 Å². The molecular formula is C17H19NO2S. The van der Waals surface area contributed by atoms with Crippen molar-refractivity contribution < 1.29 is 9.53 Å². The molecule has 0 radical (unpaired) electrons. The number of benzene rings is 1. The minimum atomic E-state index is 0.180. The number of carbonyl (C=O) groups is 1. The van der Waals surface area contributed by atoms with Crippen LogP contribution >= 0.6 is 11.3 Å². The van der Waals surface area contributed by atoms with Crippen molar-refractivity contribution in [2.45, 2.75) is 19.3 Å². The molecule has 21 heavy (non-hydrogen) atoms. The van der Waals surface area contributed by atoms with Crippen LogP contribution in [0.4, 0.5) is 0 Å². The summed E-state index contributed by atoms with van der Waals surface area (Å²) in [4.78, 5) is 15.3. The summed E-state index contributed by atoms with van der Waals surface area (Å²) >= 11 is 1.53. The van der Waals surface area contributed by atoms with Gasteiger partial charge in [0.25, 0.3) is 5.91 Å². The van der Waals surface area contributed by atoms with E-state index in [0.29, 0.717) is 0 Å². The van der Waals surface area contributed by atoms with Crippen LogP contribution in [0.15, 0.2) is 35.7 Å². The molecule has 2 heterocycles. The summed E-state index contributed by atoms with van der Waals surface area (Å²) in [5.74, 6) is 1.03. The predicted octanol–water partition coefficient (Wildman–Crippen LogP) is 4.05. The number of likely N-dealkylation sites (tertiary alicyclic amines) is 1. The number of hydrogen-bond acceptors (Lipinski definition) is 3. The molecule has 0 aliphatic carbocycles. The normalized spacial score (nSPS) is 15.0. The Kier molecular flexibility index (Phi) is 4.25. The number of piperidine rings is 1. The van der Waals surface area contributed by atoms with E-state index in [4.69, 9.17) is 4.74 Å². The summed E-state index contributed by atoms with van der Waals surface area (Å²) in [5, 5.41) is 2.05. The number of hydrogen-bond donors (Lipinski definition) is 0. The number of carbonyl (C=O) groups excluding carboxylic acids is 1. The summed E-state index contributed by atoms with van der Waals surface area (Å²) in [6.07, 6.45) is 3.50. The van der Waals surface area contributed by atoms with Crippen LogP contribution in [0.25, 0.3) is 11.1 Å². The van der Waals surface area contributed by atoms with E-state index < -0.39 is 0 Å². The molecule has 110 valence electrons. The monoisotopic (exact) mass is 301 g/mol. The molecule has 1 saturated heterocycles. The third-order valence-corrected chi connectivity index (χ3v) is 4.80. The van der Waals surface area contributed by atoms with Crippen LogP contribution in [0.5, 0.6) is 5.75 Å². The lowest BCUT2D eigenvalue weighted by molar-refractivity contribution is 0.0729. The number of nitrogens with zero attached hydrogens (tertiary/aromatic N) is 1. The average molecular weight is 301 g/mol. The highest BCUT2D eigenvalue weighted by atomic mass is 32.1. The van der Waals surface area contributed by atoms with Gasteiger partial charge in [-0.15, -0.1) is 11.3 Å². The summed E-state index contributed by atoms with van der Waals surface area (Å²) in [6, 6.07) is 9.94. The molecule has 0 bridgehead atoms. The molecule has 1 aromatic heterocycles. The lowest BCUT2D eigenvalue weighted by Gasteiger charge is -2.26. The maximum atomic E-state index is 12.5. The fraction of sp³-hybridized carbons (Fsp3) is 0.353. The van der Waals surface area contributed by atoms with Crippen LogP contribution < -0.4 is 4.74 Å². The standard InChI is InChI=1S/C17H19NO2S/c1-20-15-7-5-13(6-8-15)14-11-16(21-12-14)17(19)18-9-3-2-4-10-18/h5-8,11-12H,2-4,9-10H2,1H3. The van der Waals surface area contributed by atoms with Crippen LogP contribution in [0.1, 0.15) is 28.9 Å². The molecule has 1 aliphatic heterocycles. The van der Waals surface area contributed by atoms with Gasteiger partial charge in [-0.2, -0.15) is 0 Å². The van der Waals surface area contributed by atoms with Gasteiger partial charge < -0.3 is 9.64 Å². The molecule has 1 amide bonds. The molecule has 3 nitrogen and oxygen atoms in total. The van der Waals surface area contributed by atoms with E-state index in [-0.39, 0.29) is 5.91 Å². The Morgan fingerprint density at radius 3 is 2.48 bits per heavy atom. The van der Waals surface area contributed by atoms with Gasteiger partial charge in [0, 0.05) is 13.1 Å². The van der Waals surface area contributed by atoms with Crippen molar-refractivity contribution in [1.29, 1.82) is 0 Å². The van der Waals surface area contributed by atoms with Crippen molar-refractivity contribution in [2.24, 2.45) is 0 Å². The van der Waals surface area contributed by atoms with Gasteiger partial charge in [-0.3, -0.25) is 4.79 Å². The predicted molar refractivity (Wildman–Crippen MR) is 86.1 cm³/mol. The van der Waals surface area contributed by atoms with Crippen molar-refractivity contribution in [3.63, 3.8) is 0 Å². The minimum Gasteiger partial charge on any atom is -0.497 e. The zero-order chi connectivity index (χ0) is 14.7. The van der Waals surface area contributed by atoms with Crippen LogP contribution in [0, 0.1) is 0 Å². The van der Waals surface area contributed by atoms with Crippen LogP contribution in [-0.4, -0.2) is 31.0 Å². The molecular weight excluding hydrogens is 282 g/mol. The Labute approximate surface area is 129 Å². The Bertz CT molecular complexity index is 612. The van der Waals surface area contributed by atoms with Gasteiger partial charge in [0.05, 0.1) is 12.0 Å². The van der Waals surface area contributed by atoms with Crippen LogP contribution in [0.2, 0.25) is 0 Å². The molecule has 2 aromatic rings. The highest BCUT2D eigenvalue weighted by Gasteiger charge is 2.19. The zero-order valence-corrected chi connectivity index (χ0v) is 13.0. The number of ether oxygens (including phenoxy) is 1. The third kappa shape index (κ3) is 3.10. The maximum Gasteiger partial charge on any atom is 0.263 e. The largest absolute Gasteiger partial charge is 0.497 e. The average Bonchev–Trinajstić information content (AvgIpc) is 3.05. The molecule has 0 N–H and O–H groups in total. The quantitative estimate of drug-likeness (QED) is 0.856. The maximum absolute atomic E-state index is 12.5. The molecule has 0 atom stereocenters. The van der Waals surface area contributed by atoms with Crippen LogP contribution in [-0.2, 0) is 0 Å². The second kappa shape index (κ2) is 6.31. The van der Waals surface area contributed by atoms with Crippen molar-refractivity contribution >= 4 is 17.2 Å². The molecule has 0 unspecified atom stereocenters. The number of methoxy groups -OCH3 is 1. The zero-order valence-electron chi connectivity index (χ0n) is 12.2. The Morgan fingerprint density at radius 1 is 1.10 bits per heavy atom. The summed E-state index contributed by atoms with van der Waals surface area (Å²) in [7, 11) is 1.66. The Morgan fingerprint density at radius 2 is 1.81 bits per heavy atom. The summed E-state index contributed by atoms with van der Waals surface area (Å²) in [6.45, 7) is 1.79. The second-order valence-corrected chi connectivity index (χ2v) is 6.19. The van der Waals surface area contributed by atoms with Gasteiger partial charge in [-0.1, -0.05) is 12.1 Å². The number of rotatable bonds is 3. The van der Waals surface area contributed by atoms with E-state index in [0.717, 1.165) is 47.7 Å². The Hall–Kier alpha value is -1.81. The van der Waals surface area contributed by atoms with Gasteiger partial charge >= 0.3 is 0 Å². The fourth-order valence-corrected chi connectivity index (χ4v) is 3.52. The van der Waals surface area contributed by atoms with E-state index in [1.807, 2.05) is 35.2 Å². The first-order chi connectivity index (χ1) is 10.3. The van der Waals surface area contributed by atoms with E-state index in [9.17, 15) is 4.79 Å². The number of thiophene rings is 1. The molecule has 3 rings (SSSR count). The van der Waals surface area contributed by atoms with Gasteiger partial charge in [0.15, 0.2) is 0 Å². The smallest absolute Gasteiger partial charge is 0.263 e. The molecule has 0 saturated carbocycles. The van der Waals surface area contributed by atoms with Crippen molar-refractivity contribution in [3.05, 3.63) is 40.6 Å². The lowest BCUT2D eigenvalue weighted by Crippen LogP contribution is -2.35. The fourth-order valence-electron chi connectivity index (χ4n) is 2.64. The summed E-state index contributed by atoms with van der Waals surface area (Å²) in [5.41, 5.74) is 2.22. The SMILES string of the molecule is COc1ccc(-c2csc(C(=O)N3CCCCC3)c2)cc1. The first-order valence-corrected chi connectivity index (χ1v) is 8.18. The van der Waals surface area contributed by atoms with Gasteiger partial charge in [0.1, 0.15) is 5.75 Å². The number of amides is 1. The molecule has 0 spiro atoms. The molecule has 4 heteroatoms. The molecule has 1 aliphatic rings. The first kappa shape index (κ1) is 14.1. The van der Waals surface area contributed by atoms with Gasteiger partial charge in [-0.25, -0.2) is 0 Å². The van der Waals surface area contributed by atoms with Crippen molar-refractivity contribution in [3.8, 4) is 16.9 Å². The van der Waals surface area contributed by atoms with E-state index in [1.165, 1.54) is 17.8 Å². The first-order valence-electron chi connectivity index (χ1n) is 7.30. The highest BCUT2D eigenvalue weighted by Crippen LogP contribution is 2.28. The second-order valence-electron chi connectivity index (χ2n) is 5.28. The molecule has 1 aromatic carbocycles. The van der Waals surface area contributed by atoms with E-state index in [2.05, 4.69) is 5.38 Å². The highest BCUT2D eigenvalue weighted by molar-refractivity contribution is 7.12.